The van der Waals surface area contributed by atoms with Crippen molar-refractivity contribution in [2.75, 3.05) is 0 Å². The number of aliphatic hydroxyl groups is 1. The Labute approximate surface area is 72.7 Å². The topological polar surface area (TPSA) is 116 Å². The molecular weight excluding hydrogens is 180 g/mol. The van der Waals surface area contributed by atoms with Crippen LogP contribution >= 0.6 is 0 Å². The zero-order chi connectivity index (χ0) is 10.0. The van der Waals surface area contributed by atoms with E-state index in [1.807, 2.05) is 5.32 Å². The van der Waals surface area contributed by atoms with Gasteiger partial charge in [0.2, 0.25) is 0 Å². The molecule has 0 spiro atoms. The maximum absolute atomic E-state index is 10.9. The molecule has 1 heterocycles. The molecule has 0 aliphatic carbocycles. The molecule has 1 aliphatic rings. The van der Waals surface area contributed by atoms with Crippen LogP contribution in [0.2, 0.25) is 0 Å². The number of urea groups is 1. The fraction of sp³-hybridized carbons (Fsp3) is 0.500. The number of imide groups is 1. The lowest BCUT2D eigenvalue weighted by atomic mass is 10.1. The standard InChI is InChI=1S/C6H8N2O5/c9-2(1-3(10)11)4-5(12)8-6(13)7-4/h2,4,9H,1H2,(H,10,11)(H2,7,8,12,13). The highest BCUT2D eigenvalue weighted by Crippen LogP contribution is 2.03. The molecule has 0 aromatic carbocycles. The van der Waals surface area contributed by atoms with Crippen LogP contribution < -0.4 is 10.6 Å². The van der Waals surface area contributed by atoms with E-state index in [1.165, 1.54) is 0 Å². The van der Waals surface area contributed by atoms with Gasteiger partial charge in [-0.2, -0.15) is 0 Å². The number of aliphatic hydroxyl groups excluding tert-OH is 1. The molecule has 2 atom stereocenters. The van der Waals surface area contributed by atoms with E-state index >= 15 is 0 Å². The minimum atomic E-state index is -1.40. The van der Waals surface area contributed by atoms with Crippen molar-refractivity contribution < 1.29 is 24.6 Å². The van der Waals surface area contributed by atoms with E-state index in [2.05, 4.69) is 5.32 Å². The highest BCUT2D eigenvalue weighted by molar-refractivity contribution is 6.04. The number of carboxylic acid groups (broad SMARTS) is 1. The van der Waals surface area contributed by atoms with Crippen LogP contribution in [-0.2, 0) is 9.59 Å². The van der Waals surface area contributed by atoms with Gasteiger partial charge in [-0.15, -0.1) is 0 Å². The number of amides is 3. The van der Waals surface area contributed by atoms with E-state index in [-0.39, 0.29) is 0 Å². The highest BCUT2D eigenvalue weighted by atomic mass is 16.4. The summed E-state index contributed by atoms with van der Waals surface area (Å²) in [5, 5.41) is 21.4. The summed E-state index contributed by atoms with van der Waals surface area (Å²) in [5.41, 5.74) is 0. The number of carboxylic acids is 1. The van der Waals surface area contributed by atoms with Crippen molar-refractivity contribution in [1.82, 2.24) is 10.6 Å². The first-order chi connectivity index (χ1) is 6.00. The van der Waals surface area contributed by atoms with Gasteiger partial charge in [0, 0.05) is 0 Å². The molecule has 0 aromatic heterocycles. The molecule has 7 nitrogen and oxygen atoms in total. The van der Waals surface area contributed by atoms with Gasteiger partial charge in [-0.3, -0.25) is 14.9 Å². The Balaban J connectivity index is 2.56. The molecule has 3 amide bonds. The zero-order valence-electron chi connectivity index (χ0n) is 6.48. The summed E-state index contributed by atoms with van der Waals surface area (Å²) in [7, 11) is 0. The second kappa shape index (κ2) is 3.40. The Hall–Kier alpha value is -1.63. The largest absolute Gasteiger partial charge is 0.481 e. The molecule has 72 valence electrons. The quantitative estimate of drug-likeness (QED) is 0.383. The predicted octanol–water partition coefficient (Wildman–Crippen LogP) is -1.97. The van der Waals surface area contributed by atoms with E-state index in [9.17, 15) is 14.4 Å². The van der Waals surface area contributed by atoms with Crippen LogP contribution in [0.3, 0.4) is 0 Å². The second-order valence-corrected chi connectivity index (χ2v) is 2.61. The van der Waals surface area contributed by atoms with Crippen molar-refractivity contribution in [2.24, 2.45) is 0 Å². The first kappa shape index (κ1) is 9.46. The normalized spacial score (nSPS) is 23.6. The van der Waals surface area contributed by atoms with Crippen LogP contribution in [0.15, 0.2) is 0 Å². The minimum Gasteiger partial charge on any atom is -0.481 e. The van der Waals surface area contributed by atoms with Gasteiger partial charge in [-0.05, 0) is 0 Å². The van der Waals surface area contributed by atoms with Crippen LogP contribution in [0.1, 0.15) is 6.42 Å². The van der Waals surface area contributed by atoms with Crippen LogP contribution in [0.25, 0.3) is 0 Å². The van der Waals surface area contributed by atoms with Crippen molar-refractivity contribution in [3.63, 3.8) is 0 Å². The Morgan fingerprint density at radius 2 is 2.15 bits per heavy atom. The van der Waals surface area contributed by atoms with Crippen molar-refractivity contribution in [3.05, 3.63) is 0 Å². The third-order valence-electron chi connectivity index (χ3n) is 1.57. The Bertz CT molecular complexity index is 264. The van der Waals surface area contributed by atoms with Gasteiger partial charge in [0.15, 0.2) is 0 Å². The van der Waals surface area contributed by atoms with E-state index < -0.39 is 36.5 Å². The van der Waals surface area contributed by atoms with Crippen molar-refractivity contribution in [3.8, 4) is 0 Å². The molecule has 1 rings (SSSR count). The summed E-state index contributed by atoms with van der Waals surface area (Å²) in [6.07, 6.45) is -1.98. The smallest absolute Gasteiger partial charge is 0.322 e. The molecule has 0 aromatic rings. The summed E-state index contributed by atoms with van der Waals surface area (Å²) >= 11 is 0. The average molecular weight is 188 g/mol. The Morgan fingerprint density at radius 1 is 1.54 bits per heavy atom. The number of hydrogen-bond acceptors (Lipinski definition) is 4. The van der Waals surface area contributed by atoms with E-state index in [0.717, 1.165) is 0 Å². The predicted molar refractivity (Wildman–Crippen MR) is 38.7 cm³/mol. The van der Waals surface area contributed by atoms with E-state index in [1.54, 1.807) is 0 Å². The lowest BCUT2D eigenvalue weighted by molar-refractivity contribution is -0.139. The highest BCUT2D eigenvalue weighted by Gasteiger charge is 2.36. The first-order valence-corrected chi connectivity index (χ1v) is 3.52. The zero-order valence-corrected chi connectivity index (χ0v) is 6.48. The summed E-state index contributed by atoms with van der Waals surface area (Å²) < 4.78 is 0. The molecule has 0 saturated carbocycles. The monoisotopic (exact) mass is 188 g/mol. The molecule has 0 radical (unpaired) electrons. The second-order valence-electron chi connectivity index (χ2n) is 2.61. The van der Waals surface area contributed by atoms with Crippen LogP contribution in [0.4, 0.5) is 4.79 Å². The van der Waals surface area contributed by atoms with Crippen molar-refractivity contribution >= 4 is 17.9 Å². The Morgan fingerprint density at radius 3 is 2.54 bits per heavy atom. The van der Waals surface area contributed by atoms with E-state index in [0.29, 0.717) is 0 Å². The van der Waals surface area contributed by atoms with Gasteiger partial charge in [-0.1, -0.05) is 0 Å². The third kappa shape index (κ3) is 2.15. The van der Waals surface area contributed by atoms with Crippen molar-refractivity contribution in [2.45, 2.75) is 18.6 Å². The number of carbonyl (C=O) groups is 3. The number of aliphatic carboxylic acids is 1. The summed E-state index contributed by atoms with van der Waals surface area (Å²) in [4.78, 5) is 31.6. The maximum Gasteiger partial charge on any atom is 0.322 e. The molecule has 1 saturated heterocycles. The molecule has 4 N–H and O–H groups in total. The van der Waals surface area contributed by atoms with Crippen LogP contribution in [0.5, 0.6) is 0 Å². The maximum atomic E-state index is 10.9. The van der Waals surface area contributed by atoms with Crippen LogP contribution in [-0.4, -0.2) is 40.3 Å². The number of carbonyl (C=O) groups excluding carboxylic acids is 2. The average Bonchev–Trinajstić information content (AvgIpc) is 2.28. The van der Waals surface area contributed by atoms with E-state index in [4.69, 9.17) is 10.2 Å². The number of nitrogens with one attached hydrogen (secondary N) is 2. The summed E-state index contributed by atoms with van der Waals surface area (Å²) in [6.45, 7) is 0. The molecule has 13 heavy (non-hydrogen) atoms. The molecular formula is C6H8N2O5. The fourth-order valence-electron chi connectivity index (χ4n) is 1.00. The molecule has 1 aliphatic heterocycles. The van der Waals surface area contributed by atoms with Gasteiger partial charge < -0.3 is 15.5 Å². The number of hydrogen-bond donors (Lipinski definition) is 4. The summed E-state index contributed by atoms with van der Waals surface area (Å²) in [6, 6.07) is -1.89. The van der Waals surface area contributed by atoms with Crippen molar-refractivity contribution in [1.29, 1.82) is 0 Å². The molecule has 2 unspecified atom stereocenters. The lowest BCUT2D eigenvalue weighted by Gasteiger charge is -2.12. The minimum absolute atomic E-state index is 0.585. The fourth-order valence-corrected chi connectivity index (χ4v) is 1.00. The van der Waals surface area contributed by atoms with Gasteiger partial charge >= 0.3 is 12.0 Å². The number of rotatable bonds is 3. The molecule has 1 fully saturated rings. The lowest BCUT2D eigenvalue weighted by Crippen LogP contribution is -2.41. The van der Waals surface area contributed by atoms with Crippen LogP contribution in [0, 0.1) is 0 Å². The van der Waals surface area contributed by atoms with Gasteiger partial charge in [0.1, 0.15) is 6.04 Å². The van der Waals surface area contributed by atoms with Gasteiger partial charge in [0.25, 0.3) is 5.91 Å². The SMILES string of the molecule is O=C(O)CC(O)C1NC(=O)NC1=O. The third-order valence-corrected chi connectivity index (χ3v) is 1.57. The Kier molecular flexibility index (Phi) is 2.47. The molecule has 0 bridgehead atoms. The van der Waals surface area contributed by atoms with Gasteiger partial charge in [-0.25, -0.2) is 4.79 Å². The molecule has 7 heteroatoms. The van der Waals surface area contributed by atoms with Gasteiger partial charge in [0.05, 0.1) is 12.5 Å². The first-order valence-electron chi connectivity index (χ1n) is 3.52. The summed E-state index contributed by atoms with van der Waals surface area (Å²) in [5.74, 6) is -1.94.